The van der Waals surface area contributed by atoms with E-state index in [1.807, 2.05) is 17.0 Å². The number of carbonyl (C=O) groups excluding carboxylic acids is 1. The summed E-state index contributed by atoms with van der Waals surface area (Å²) in [4.78, 5) is 16.5. The molecule has 1 aliphatic rings. The van der Waals surface area contributed by atoms with Crippen LogP contribution in [-0.4, -0.2) is 61.5 Å². The predicted octanol–water partition coefficient (Wildman–Crippen LogP) is 2.59. The van der Waals surface area contributed by atoms with Gasteiger partial charge in [-0.15, -0.1) is 0 Å². The first kappa shape index (κ1) is 18.2. The van der Waals surface area contributed by atoms with E-state index in [0.29, 0.717) is 18.4 Å². The maximum Gasteiger partial charge on any atom is 0.223 e. The monoisotopic (exact) mass is 337 g/mol. The summed E-state index contributed by atoms with van der Waals surface area (Å²) in [7, 11) is 2.10. The highest BCUT2D eigenvalue weighted by atomic mass is 35.5. The van der Waals surface area contributed by atoms with Crippen LogP contribution in [-0.2, 0) is 4.79 Å². The highest BCUT2D eigenvalue weighted by Crippen LogP contribution is 2.24. The van der Waals surface area contributed by atoms with Crippen LogP contribution < -0.4 is 5.32 Å². The zero-order chi connectivity index (χ0) is 16.8. The van der Waals surface area contributed by atoms with Crippen LogP contribution in [0.2, 0.25) is 5.02 Å². The molecular weight excluding hydrogens is 310 g/mol. The fourth-order valence-electron chi connectivity index (χ4n) is 2.97. The van der Waals surface area contributed by atoms with Gasteiger partial charge in [0.25, 0.3) is 0 Å². The molecule has 0 aliphatic carbocycles. The molecule has 0 aromatic heterocycles. The maximum absolute atomic E-state index is 12.3. The van der Waals surface area contributed by atoms with Crippen molar-refractivity contribution >= 4 is 17.5 Å². The van der Waals surface area contributed by atoms with Gasteiger partial charge in [-0.1, -0.05) is 30.7 Å². The number of benzene rings is 1. The molecule has 0 saturated carbocycles. The minimum absolute atomic E-state index is 0.268. The zero-order valence-electron chi connectivity index (χ0n) is 14.4. The molecule has 1 aliphatic heterocycles. The smallest absolute Gasteiger partial charge is 0.223 e. The molecule has 128 valence electrons. The van der Waals surface area contributed by atoms with Gasteiger partial charge in [0.15, 0.2) is 0 Å². The van der Waals surface area contributed by atoms with E-state index in [1.165, 1.54) is 5.56 Å². The zero-order valence-corrected chi connectivity index (χ0v) is 15.1. The van der Waals surface area contributed by atoms with E-state index >= 15 is 0 Å². The van der Waals surface area contributed by atoms with Gasteiger partial charge in [-0.25, -0.2) is 0 Å². The molecule has 0 bridgehead atoms. The molecule has 1 aromatic rings. The number of nitrogens with zero attached hydrogens (tertiary/aromatic N) is 2. The van der Waals surface area contributed by atoms with Crippen LogP contribution >= 0.6 is 11.6 Å². The molecule has 1 N–H and O–H groups in total. The second-order valence-electron chi connectivity index (χ2n) is 6.44. The van der Waals surface area contributed by atoms with Crippen LogP contribution in [0.1, 0.15) is 31.7 Å². The number of piperazine rings is 1. The minimum Gasteiger partial charge on any atom is -0.340 e. The van der Waals surface area contributed by atoms with Gasteiger partial charge >= 0.3 is 0 Å². The maximum atomic E-state index is 12.3. The van der Waals surface area contributed by atoms with Crippen molar-refractivity contribution in [2.24, 2.45) is 0 Å². The molecule has 1 heterocycles. The molecule has 1 amide bonds. The summed E-state index contributed by atoms with van der Waals surface area (Å²) in [5.74, 6) is 0.663. The molecule has 1 saturated heterocycles. The Morgan fingerprint density at radius 2 is 1.87 bits per heavy atom. The fraction of sp³-hybridized carbons (Fsp3) is 0.611. The first-order valence-corrected chi connectivity index (χ1v) is 8.81. The molecule has 0 spiro atoms. The van der Waals surface area contributed by atoms with Gasteiger partial charge in [0.2, 0.25) is 5.91 Å². The van der Waals surface area contributed by atoms with Gasteiger partial charge in [0, 0.05) is 50.2 Å². The highest BCUT2D eigenvalue weighted by Gasteiger charge is 2.21. The topological polar surface area (TPSA) is 35.6 Å². The van der Waals surface area contributed by atoms with E-state index < -0.39 is 0 Å². The summed E-state index contributed by atoms with van der Waals surface area (Å²) in [6.45, 7) is 8.72. The average Bonchev–Trinajstić information content (AvgIpc) is 2.59. The summed E-state index contributed by atoms with van der Waals surface area (Å²) in [6.07, 6.45) is 0.591. The van der Waals surface area contributed by atoms with Crippen LogP contribution in [0.4, 0.5) is 0 Å². The summed E-state index contributed by atoms with van der Waals surface area (Å²) < 4.78 is 0. The van der Waals surface area contributed by atoms with Crippen molar-refractivity contribution < 1.29 is 4.79 Å². The lowest BCUT2D eigenvalue weighted by molar-refractivity contribution is -0.132. The van der Waals surface area contributed by atoms with Crippen LogP contribution in [0, 0.1) is 0 Å². The Morgan fingerprint density at radius 1 is 1.26 bits per heavy atom. The molecule has 23 heavy (non-hydrogen) atoms. The number of likely N-dealkylation sites (N-methyl/N-ethyl adjacent to an activating group) is 1. The van der Waals surface area contributed by atoms with Crippen molar-refractivity contribution in [3.8, 4) is 0 Å². The number of halogens is 1. The standard InChI is InChI=1S/C18H28ClN3O/c1-14(16-4-6-17(19)7-5-16)15(2)21(3)11-8-18(23)22-12-9-20-10-13-22/h4-7,14-15,20H,8-13H2,1-3H3. The lowest BCUT2D eigenvalue weighted by Gasteiger charge is -2.32. The predicted molar refractivity (Wildman–Crippen MR) is 96.0 cm³/mol. The molecular formula is C18H28ClN3O. The summed E-state index contributed by atoms with van der Waals surface area (Å²) in [5.41, 5.74) is 1.28. The van der Waals surface area contributed by atoms with Gasteiger partial charge in [0.05, 0.1) is 0 Å². The fourth-order valence-corrected chi connectivity index (χ4v) is 3.10. The van der Waals surface area contributed by atoms with Crippen molar-refractivity contribution in [3.05, 3.63) is 34.9 Å². The molecule has 2 unspecified atom stereocenters. The Balaban J connectivity index is 1.82. The molecule has 0 radical (unpaired) electrons. The average molecular weight is 338 g/mol. The van der Waals surface area contributed by atoms with Gasteiger partial charge in [-0.2, -0.15) is 0 Å². The number of amides is 1. The van der Waals surface area contributed by atoms with E-state index in [0.717, 1.165) is 37.7 Å². The number of carbonyl (C=O) groups is 1. The summed E-state index contributed by atoms with van der Waals surface area (Å²) in [5, 5.41) is 4.04. The largest absolute Gasteiger partial charge is 0.340 e. The van der Waals surface area contributed by atoms with Crippen molar-refractivity contribution in [2.45, 2.75) is 32.2 Å². The van der Waals surface area contributed by atoms with Crippen molar-refractivity contribution in [3.63, 3.8) is 0 Å². The van der Waals surface area contributed by atoms with Crippen LogP contribution in [0.15, 0.2) is 24.3 Å². The minimum atomic E-state index is 0.268. The Morgan fingerprint density at radius 3 is 2.48 bits per heavy atom. The Kier molecular flexibility index (Phi) is 6.88. The van der Waals surface area contributed by atoms with Crippen molar-refractivity contribution in [1.82, 2.24) is 15.1 Å². The van der Waals surface area contributed by atoms with Gasteiger partial charge in [-0.3, -0.25) is 4.79 Å². The highest BCUT2D eigenvalue weighted by molar-refractivity contribution is 6.30. The lowest BCUT2D eigenvalue weighted by Crippen LogP contribution is -2.47. The van der Waals surface area contributed by atoms with Crippen LogP contribution in [0.25, 0.3) is 0 Å². The van der Waals surface area contributed by atoms with Crippen LogP contribution in [0.3, 0.4) is 0 Å². The second-order valence-corrected chi connectivity index (χ2v) is 6.88. The van der Waals surface area contributed by atoms with Gasteiger partial charge in [-0.05, 0) is 37.6 Å². The van der Waals surface area contributed by atoms with E-state index in [4.69, 9.17) is 11.6 Å². The molecule has 5 heteroatoms. The first-order valence-electron chi connectivity index (χ1n) is 8.43. The van der Waals surface area contributed by atoms with Gasteiger partial charge in [0.1, 0.15) is 0 Å². The Bertz CT molecular complexity index is 499. The molecule has 1 fully saturated rings. The number of hydrogen-bond donors (Lipinski definition) is 1. The SMILES string of the molecule is CC(c1ccc(Cl)cc1)C(C)N(C)CCC(=O)N1CCNCC1. The van der Waals surface area contributed by atoms with E-state index in [2.05, 4.69) is 43.2 Å². The molecule has 2 rings (SSSR count). The normalized spacial score (nSPS) is 18.0. The third-order valence-electron chi connectivity index (χ3n) is 4.96. The van der Waals surface area contributed by atoms with E-state index in [1.54, 1.807) is 0 Å². The number of hydrogen-bond acceptors (Lipinski definition) is 3. The first-order chi connectivity index (χ1) is 11.0. The quantitative estimate of drug-likeness (QED) is 0.866. The summed E-state index contributed by atoms with van der Waals surface area (Å²) >= 11 is 5.96. The molecule has 2 atom stereocenters. The lowest BCUT2D eigenvalue weighted by atomic mass is 9.93. The Hall–Kier alpha value is -1.10. The third-order valence-corrected chi connectivity index (χ3v) is 5.21. The van der Waals surface area contributed by atoms with E-state index in [-0.39, 0.29) is 5.91 Å². The summed E-state index contributed by atoms with van der Waals surface area (Å²) in [6, 6.07) is 8.42. The third kappa shape index (κ3) is 5.20. The number of nitrogens with one attached hydrogen (secondary N) is 1. The second kappa shape index (κ2) is 8.67. The van der Waals surface area contributed by atoms with Crippen LogP contribution in [0.5, 0.6) is 0 Å². The molecule has 1 aromatic carbocycles. The van der Waals surface area contributed by atoms with Crippen molar-refractivity contribution in [1.29, 1.82) is 0 Å². The molecule has 4 nitrogen and oxygen atoms in total. The number of rotatable bonds is 6. The van der Waals surface area contributed by atoms with Gasteiger partial charge < -0.3 is 15.1 Å². The Labute approximate surface area is 144 Å². The van der Waals surface area contributed by atoms with Crippen molar-refractivity contribution in [2.75, 3.05) is 39.8 Å². The van der Waals surface area contributed by atoms with E-state index in [9.17, 15) is 4.79 Å².